The first-order valence-corrected chi connectivity index (χ1v) is 14.4. The van der Waals surface area contributed by atoms with Crippen molar-refractivity contribution in [2.45, 2.75) is 46.4 Å². The van der Waals surface area contributed by atoms with Crippen LogP contribution in [-0.4, -0.2) is 66.0 Å². The molecule has 0 aliphatic carbocycles. The van der Waals surface area contributed by atoms with E-state index in [1.54, 1.807) is 48.4 Å². The zero-order valence-electron chi connectivity index (χ0n) is 25.0. The lowest BCUT2D eigenvalue weighted by Gasteiger charge is -2.28. The van der Waals surface area contributed by atoms with E-state index in [-0.39, 0.29) is 17.4 Å². The Kier molecular flexibility index (Phi) is 10.3. The van der Waals surface area contributed by atoms with Gasteiger partial charge in [-0.1, -0.05) is 50.2 Å². The molecular formula is C34H40N2O6. The average Bonchev–Trinajstić information content (AvgIpc) is 3.25. The molecule has 222 valence electrons. The van der Waals surface area contributed by atoms with E-state index in [1.165, 1.54) is 0 Å². The highest BCUT2D eigenvalue weighted by Crippen LogP contribution is 2.42. The number of ether oxygens (including phenoxy) is 3. The molecule has 1 aliphatic rings. The first-order chi connectivity index (χ1) is 20.3. The summed E-state index contributed by atoms with van der Waals surface area (Å²) in [5.74, 6) is 0.0513. The van der Waals surface area contributed by atoms with Gasteiger partial charge in [0.2, 0.25) is 0 Å². The number of nitrogens with zero attached hydrogens (tertiary/aromatic N) is 2. The fraction of sp³-hybridized carbons (Fsp3) is 0.353. The summed E-state index contributed by atoms with van der Waals surface area (Å²) in [4.78, 5) is 30.6. The Balaban J connectivity index is 1.74. The molecule has 8 nitrogen and oxygen atoms in total. The fourth-order valence-corrected chi connectivity index (χ4v) is 5.07. The molecule has 0 radical (unpaired) electrons. The SMILES string of the molecule is CCN(CC)CCN1C(=O)C(=O)C(=C(O)c2ccc(OC(C)C)cc2)C1c1ccc(OCc2ccccc2)c(OC)c1. The van der Waals surface area contributed by atoms with Gasteiger partial charge in [0.1, 0.15) is 18.1 Å². The van der Waals surface area contributed by atoms with Gasteiger partial charge < -0.3 is 29.1 Å². The van der Waals surface area contributed by atoms with Crippen LogP contribution in [0, 0.1) is 0 Å². The maximum Gasteiger partial charge on any atom is 0.295 e. The van der Waals surface area contributed by atoms with E-state index in [2.05, 4.69) is 18.7 Å². The molecule has 1 saturated heterocycles. The van der Waals surface area contributed by atoms with Gasteiger partial charge in [0.15, 0.2) is 11.5 Å². The number of carbonyl (C=O) groups excluding carboxylic acids is 2. The van der Waals surface area contributed by atoms with E-state index in [4.69, 9.17) is 14.2 Å². The van der Waals surface area contributed by atoms with Gasteiger partial charge >= 0.3 is 0 Å². The standard InChI is InChI=1S/C34H40N2O6/c1-6-35(7-2)19-20-36-31(26-15-18-28(29(21-26)40-5)41-22-24-11-9-8-10-12-24)30(33(38)34(36)39)32(37)25-13-16-27(17-14-25)42-23(3)4/h8-18,21,23,31,37H,6-7,19-20,22H2,1-5H3. The Hall–Kier alpha value is -4.30. The van der Waals surface area contributed by atoms with Crippen molar-refractivity contribution in [1.29, 1.82) is 0 Å². The lowest BCUT2D eigenvalue weighted by molar-refractivity contribution is -0.140. The molecule has 0 spiro atoms. The number of aliphatic hydroxyl groups excluding tert-OH is 1. The van der Waals surface area contributed by atoms with Crippen LogP contribution < -0.4 is 14.2 Å². The van der Waals surface area contributed by atoms with Crippen LogP contribution in [0.3, 0.4) is 0 Å². The number of methoxy groups -OCH3 is 1. The molecule has 1 N–H and O–H groups in total. The predicted octanol–water partition coefficient (Wildman–Crippen LogP) is 5.82. The number of carbonyl (C=O) groups is 2. The average molecular weight is 573 g/mol. The maximum absolute atomic E-state index is 13.5. The quantitative estimate of drug-likeness (QED) is 0.157. The molecule has 0 aromatic heterocycles. The van der Waals surface area contributed by atoms with Crippen molar-refractivity contribution in [2.24, 2.45) is 0 Å². The first-order valence-electron chi connectivity index (χ1n) is 14.4. The largest absolute Gasteiger partial charge is 0.507 e. The molecule has 1 unspecified atom stereocenters. The highest BCUT2D eigenvalue weighted by Gasteiger charge is 2.46. The Morgan fingerprint density at radius 2 is 1.64 bits per heavy atom. The second kappa shape index (κ2) is 14.0. The summed E-state index contributed by atoms with van der Waals surface area (Å²) in [6.45, 7) is 10.9. The second-order valence-corrected chi connectivity index (χ2v) is 10.4. The van der Waals surface area contributed by atoms with Crippen molar-refractivity contribution >= 4 is 17.4 Å². The molecule has 3 aromatic rings. The van der Waals surface area contributed by atoms with Crippen LogP contribution in [0.15, 0.2) is 78.4 Å². The van der Waals surface area contributed by atoms with Crippen LogP contribution in [0.5, 0.6) is 17.2 Å². The smallest absolute Gasteiger partial charge is 0.295 e. The highest BCUT2D eigenvalue weighted by molar-refractivity contribution is 6.46. The second-order valence-electron chi connectivity index (χ2n) is 10.4. The van der Waals surface area contributed by atoms with Crippen molar-refractivity contribution in [1.82, 2.24) is 9.80 Å². The maximum atomic E-state index is 13.5. The van der Waals surface area contributed by atoms with E-state index in [1.807, 2.05) is 50.2 Å². The van der Waals surface area contributed by atoms with E-state index < -0.39 is 17.7 Å². The number of rotatable bonds is 13. The third-order valence-corrected chi connectivity index (χ3v) is 7.33. The zero-order valence-corrected chi connectivity index (χ0v) is 25.0. The number of benzene rings is 3. The summed E-state index contributed by atoms with van der Waals surface area (Å²) in [7, 11) is 1.55. The van der Waals surface area contributed by atoms with Crippen LogP contribution >= 0.6 is 0 Å². The highest BCUT2D eigenvalue weighted by atomic mass is 16.5. The number of likely N-dealkylation sites (tertiary alicyclic amines) is 1. The summed E-state index contributed by atoms with van der Waals surface area (Å²) in [6, 6.07) is 21.2. The Bertz CT molecular complexity index is 1400. The van der Waals surface area contributed by atoms with Crippen molar-refractivity contribution in [3.05, 3.63) is 95.1 Å². The number of ketones is 1. The van der Waals surface area contributed by atoms with Gasteiger partial charge in [-0.15, -0.1) is 0 Å². The third kappa shape index (κ3) is 6.94. The molecule has 8 heteroatoms. The molecule has 4 rings (SSSR count). The number of aliphatic hydroxyl groups is 1. The molecule has 3 aromatic carbocycles. The molecule has 1 atom stereocenters. The topological polar surface area (TPSA) is 88.5 Å². The summed E-state index contributed by atoms with van der Waals surface area (Å²) in [6.07, 6.45) is -0.00444. The van der Waals surface area contributed by atoms with Crippen molar-refractivity contribution in [2.75, 3.05) is 33.3 Å². The predicted molar refractivity (Wildman–Crippen MR) is 163 cm³/mol. The van der Waals surface area contributed by atoms with Gasteiger partial charge in [0.25, 0.3) is 11.7 Å². The summed E-state index contributed by atoms with van der Waals surface area (Å²) < 4.78 is 17.4. The van der Waals surface area contributed by atoms with Gasteiger partial charge in [-0.2, -0.15) is 0 Å². The lowest BCUT2D eigenvalue weighted by atomic mass is 9.95. The normalized spacial score (nSPS) is 16.4. The van der Waals surface area contributed by atoms with Crippen molar-refractivity contribution < 1.29 is 28.9 Å². The molecule has 1 amide bonds. The van der Waals surface area contributed by atoms with Crippen LogP contribution in [-0.2, 0) is 16.2 Å². The third-order valence-electron chi connectivity index (χ3n) is 7.33. The zero-order chi connectivity index (χ0) is 30.2. The minimum absolute atomic E-state index is 0.00444. The van der Waals surface area contributed by atoms with Gasteiger partial charge in [0, 0.05) is 18.7 Å². The minimum Gasteiger partial charge on any atom is -0.507 e. The number of hydrogen-bond acceptors (Lipinski definition) is 7. The van der Waals surface area contributed by atoms with Gasteiger partial charge in [0.05, 0.1) is 24.8 Å². The van der Waals surface area contributed by atoms with E-state index >= 15 is 0 Å². The monoisotopic (exact) mass is 572 g/mol. The molecule has 42 heavy (non-hydrogen) atoms. The van der Waals surface area contributed by atoms with Gasteiger partial charge in [-0.3, -0.25) is 9.59 Å². The van der Waals surface area contributed by atoms with Crippen LogP contribution in [0.2, 0.25) is 0 Å². The molecule has 1 aliphatic heterocycles. The van der Waals surface area contributed by atoms with Gasteiger partial charge in [-0.25, -0.2) is 0 Å². The Morgan fingerprint density at radius 1 is 0.952 bits per heavy atom. The summed E-state index contributed by atoms with van der Waals surface area (Å²) in [5, 5.41) is 11.5. The Labute approximate surface area is 248 Å². The number of Topliss-reactive ketones (excluding diaryl/α,β-unsaturated/α-hetero) is 1. The molecule has 1 heterocycles. The van der Waals surface area contributed by atoms with Crippen LogP contribution in [0.1, 0.15) is 50.4 Å². The van der Waals surface area contributed by atoms with Crippen LogP contribution in [0.4, 0.5) is 0 Å². The van der Waals surface area contributed by atoms with E-state index in [0.717, 1.165) is 18.7 Å². The summed E-state index contributed by atoms with van der Waals surface area (Å²) in [5.41, 5.74) is 2.11. The molecule has 0 bridgehead atoms. The number of hydrogen-bond donors (Lipinski definition) is 1. The van der Waals surface area contributed by atoms with E-state index in [0.29, 0.717) is 48.1 Å². The van der Waals surface area contributed by atoms with Crippen LogP contribution in [0.25, 0.3) is 5.76 Å². The summed E-state index contributed by atoms with van der Waals surface area (Å²) >= 11 is 0. The first kappa shape index (κ1) is 30.7. The van der Waals surface area contributed by atoms with E-state index in [9.17, 15) is 14.7 Å². The lowest BCUT2D eigenvalue weighted by Crippen LogP contribution is -2.38. The van der Waals surface area contributed by atoms with Crippen molar-refractivity contribution in [3.63, 3.8) is 0 Å². The molecular weight excluding hydrogens is 532 g/mol. The molecule has 1 fully saturated rings. The number of amides is 1. The fourth-order valence-electron chi connectivity index (χ4n) is 5.07. The molecule has 0 saturated carbocycles. The number of likely N-dealkylation sites (N-methyl/N-ethyl adjacent to an activating group) is 1. The van der Waals surface area contributed by atoms with Gasteiger partial charge in [-0.05, 0) is 74.5 Å². The minimum atomic E-state index is -0.802. The Morgan fingerprint density at radius 3 is 2.26 bits per heavy atom. The van der Waals surface area contributed by atoms with Crippen molar-refractivity contribution in [3.8, 4) is 17.2 Å².